The predicted octanol–water partition coefficient (Wildman–Crippen LogP) is 3.78. The Kier molecular flexibility index (Phi) is 8.05. The zero-order chi connectivity index (χ0) is 21.3. The topological polar surface area (TPSA) is 148 Å². The maximum Gasteiger partial charge on any atom is 0.348 e. The van der Waals surface area contributed by atoms with Crippen molar-refractivity contribution in [2.75, 3.05) is 11.9 Å². The Bertz CT molecular complexity index is 924. The van der Waals surface area contributed by atoms with Crippen LogP contribution in [0.15, 0.2) is 53.3 Å². The summed E-state index contributed by atoms with van der Waals surface area (Å²) in [6, 6.07) is 5.02. The average molecular weight is 386 g/mol. The molecule has 0 saturated heterocycles. The summed E-state index contributed by atoms with van der Waals surface area (Å²) in [6.45, 7) is 5.20. The number of nitriles is 1. The van der Waals surface area contributed by atoms with E-state index in [4.69, 9.17) is 10.00 Å². The van der Waals surface area contributed by atoms with E-state index in [1.807, 2.05) is 0 Å². The van der Waals surface area contributed by atoms with Gasteiger partial charge in [-0.1, -0.05) is 6.08 Å². The number of esters is 1. The molecule has 10 heteroatoms. The molecule has 1 aromatic rings. The van der Waals surface area contributed by atoms with Gasteiger partial charge in [0.15, 0.2) is 0 Å². The van der Waals surface area contributed by atoms with Gasteiger partial charge < -0.3 is 10.1 Å². The second-order valence-corrected chi connectivity index (χ2v) is 5.45. The van der Waals surface area contributed by atoms with Gasteiger partial charge in [-0.25, -0.2) is 4.79 Å². The third-order valence-electron chi connectivity index (χ3n) is 3.57. The molecular formula is C18H18N4O6. The zero-order valence-corrected chi connectivity index (χ0v) is 15.5. The van der Waals surface area contributed by atoms with Crippen LogP contribution in [-0.2, 0) is 9.53 Å². The first-order valence-electron chi connectivity index (χ1n) is 8.03. The number of hydrogen-bond donors (Lipinski definition) is 1. The number of anilines is 1. The summed E-state index contributed by atoms with van der Waals surface area (Å²) < 4.78 is 4.76. The van der Waals surface area contributed by atoms with Crippen LogP contribution in [0.4, 0.5) is 17.1 Å². The molecule has 0 aliphatic heterocycles. The van der Waals surface area contributed by atoms with Gasteiger partial charge in [0.2, 0.25) is 0 Å². The van der Waals surface area contributed by atoms with Crippen molar-refractivity contribution < 1.29 is 19.4 Å². The number of nitrogens with zero attached hydrogens (tertiary/aromatic N) is 3. The number of nitro benzene ring substituents is 2. The van der Waals surface area contributed by atoms with Crippen LogP contribution in [0.1, 0.15) is 20.8 Å². The van der Waals surface area contributed by atoms with Gasteiger partial charge >= 0.3 is 5.97 Å². The van der Waals surface area contributed by atoms with Crippen LogP contribution in [0.3, 0.4) is 0 Å². The number of carbonyl (C=O) groups is 1. The highest BCUT2D eigenvalue weighted by Gasteiger charge is 2.18. The Morgan fingerprint density at radius 1 is 1.21 bits per heavy atom. The quantitative estimate of drug-likeness (QED) is 0.177. The van der Waals surface area contributed by atoms with Crippen molar-refractivity contribution in [3.8, 4) is 6.07 Å². The summed E-state index contributed by atoms with van der Waals surface area (Å²) in [6.07, 6.45) is 4.33. The summed E-state index contributed by atoms with van der Waals surface area (Å²) in [7, 11) is 0. The number of allylic oxidation sites excluding steroid dienone is 4. The van der Waals surface area contributed by atoms with Gasteiger partial charge in [-0.05, 0) is 44.1 Å². The first kappa shape index (κ1) is 22.0. The van der Waals surface area contributed by atoms with Crippen molar-refractivity contribution in [3.63, 3.8) is 0 Å². The molecule has 10 nitrogen and oxygen atoms in total. The minimum absolute atomic E-state index is 0.0857. The lowest BCUT2D eigenvalue weighted by atomic mass is 10.1. The van der Waals surface area contributed by atoms with E-state index in [2.05, 4.69) is 5.32 Å². The van der Waals surface area contributed by atoms with Crippen molar-refractivity contribution in [1.29, 1.82) is 5.26 Å². The number of rotatable bonds is 8. The SMILES string of the molecule is CCOC(=O)/C(C#N)=C/C=C(C)/C(C)=C\Nc1ccc([N+](=O)[O-])cc1[N+](=O)[O-]. The van der Waals surface area contributed by atoms with Crippen LogP contribution >= 0.6 is 0 Å². The molecule has 0 heterocycles. The lowest BCUT2D eigenvalue weighted by Gasteiger charge is -2.05. The molecule has 1 N–H and O–H groups in total. The monoisotopic (exact) mass is 386 g/mol. The first-order valence-corrected chi connectivity index (χ1v) is 8.03. The van der Waals surface area contributed by atoms with Gasteiger partial charge in [-0.15, -0.1) is 0 Å². The summed E-state index contributed by atoms with van der Waals surface area (Å²) in [4.78, 5) is 32.0. The third kappa shape index (κ3) is 6.06. The highest BCUT2D eigenvalue weighted by atomic mass is 16.6. The molecule has 0 fully saturated rings. The Balaban J connectivity index is 3.06. The summed E-state index contributed by atoms with van der Waals surface area (Å²) in [5.74, 6) is -0.727. The molecule has 0 unspecified atom stereocenters. The Morgan fingerprint density at radius 2 is 1.89 bits per heavy atom. The number of benzene rings is 1. The molecule has 0 atom stereocenters. The standard InChI is InChI=1S/C18H18N4O6/c1-4-28-18(23)14(10-19)6-5-12(2)13(3)11-20-16-8-7-15(21(24)25)9-17(16)22(26)27/h5-9,11,20H,4H2,1-3H3/b12-5+,13-11-,14-6+. The molecule has 1 rings (SSSR count). The van der Waals surface area contributed by atoms with E-state index in [-0.39, 0.29) is 23.6 Å². The lowest BCUT2D eigenvalue weighted by Crippen LogP contribution is -2.05. The van der Waals surface area contributed by atoms with Crippen LogP contribution in [0.25, 0.3) is 0 Å². The van der Waals surface area contributed by atoms with E-state index in [1.54, 1.807) is 26.8 Å². The van der Waals surface area contributed by atoms with Crippen LogP contribution in [0, 0.1) is 31.6 Å². The number of carbonyl (C=O) groups excluding carboxylic acids is 1. The van der Waals surface area contributed by atoms with Gasteiger partial charge in [-0.3, -0.25) is 20.2 Å². The molecule has 28 heavy (non-hydrogen) atoms. The van der Waals surface area contributed by atoms with E-state index in [1.165, 1.54) is 24.4 Å². The predicted molar refractivity (Wildman–Crippen MR) is 101 cm³/mol. The molecule has 1 aromatic carbocycles. The average Bonchev–Trinajstić information content (AvgIpc) is 2.66. The fourth-order valence-corrected chi connectivity index (χ4v) is 1.91. The number of nitro groups is 2. The van der Waals surface area contributed by atoms with Crippen molar-refractivity contribution >= 4 is 23.0 Å². The molecule has 0 spiro atoms. The highest BCUT2D eigenvalue weighted by molar-refractivity contribution is 5.93. The van der Waals surface area contributed by atoms with Crippen molar-refractivity contribution in [1.82, 2.24) is 0 Å². The Morgan fingerprint density at radius 3 is 2.43 bits per heavy atom. The highest BCUT2D eigenvalue weighted by Crippen LogP contribution is 2.29. The van der Waals surface area contributed by atoms with Crippen LogP contribution < -0.4 is 5.32 Å². The number of non-ortho nitro benzene ring substituents is 1. The fraction of sp³-hybridized carbons (Fsp3) is 0.222. The summed E-state index contributed by atoms with van der Waals surface area (Å²) >= 11 is 0. The number of ether oxygens (including phenoxy) is 1. The van der Waals surface area contributed by atoms with Gasteiger partial charge in [0.05, 0.1) is 22.5 Å². The molecule has 0 bridgehead atoms. The number of hydrogen-bond acceptors (Lipinski definition) is 8. The Labute approximate surface area is 160 Å². The molecular weight excluding hydrogens is 368 g/mol. The lowest BCUT2D eigenvalue weighted by molar-refractivity contribution is -0.393. The zero-order valence-electron chi connectivity index (χ0n) is 15.5. The van der Waals surface area contributed by atoms with Crippen molar-refractivity contribution in [3.05, 3.63) is 73.5 Å². The third-order valence-corrected chi connectivity index (χ3v) is 3.57. The normalized spacial score (nSPS) is 12.1. The van der Waals surface area contributed by atoms with E-state index in [0.717, 1.165) is 12.1 Å². The molecule has 0 aliphatic carbocycles. The van der Waals surface area contributed by atoms with Crippen molar-refractivity contribution in [2.24, 2.45) is 0 Å². The molecule has 0 amide bonds. The van der Waals surface area contributed by atoms with E-state index in [0.29, 0.717) is 11.1 Å². The van der Waals surface area contributed by atoms with Crippen LogP contribution in [0.2, 0.25) is 0 Å². The second-order valence-electron chi connectivity index (χ2n) is 5.45. The number of nitrogens with one attached hydrogen (secondary N) is 1. The van der Waals surface area contributed by atoms with E-state index >= 15 is 0 Å². The molecule has 0 aliphatic rings. The summed E-state index contributed by atoms with van der Waals surface area (Å²) in [5, 5.41) is 33.6. The molecule has 0 saturated carbocycles. The van der Waals surface area contributed by atoms with Crippen molar-refractivity contribution in [2.45, 2.75) is 20.8 Å². The van der Waals surface area contributed by atoms with Gasteiger partial charge in [0.1, 0.15) is 17.3 Å². The maximum atomic E-state index is 11.6. The maximum absolute atomic E-state index is 11.6. The summed E-state index contributed by atoms with van der Waals surface area (Å²) in [5.41, 5.74) is 0.436. The van der Waals surface area contributed by atoms with Gasteiger partial charge in [0, 0.05) is 12.3 Å². The largest absolute Gasteiger partial charge is 0.462 e. The minimum atomic E-state index is -0.727. The van der Waals surface area contributed by atoms with Crippen LogP contribution in [0.5, 0.6) is 0 Å². The first-order chi connectivity index (χ1) is 13.2. The molecule has 146 valence electrons. The smallest absolute Gasteiger partial charge is 0.348 e. The minimum Gasteiger partial charge on any atom is -0.462 e. The van der Waals surface area contributed by atoms with E-state index < -0.39 is 21.5 Å². The molecule has 0 aromatic heterocycles. The van der Waals surface area contributed by atoms with Crippen LogP contribution in [-0.4, -0.2) is 22.4 Å². The van der Waals surface area contributed by atoms with Gasteiger partial charge in [0.25, 0.3) is 11.4 Å². The molecule has 0 radical (unpaired) electrons. The van der Waals surface area contributed by atoms with E-state index in [9.17, 15) is 25.0 Å². The van der Waals surface area contributed by atoms with Gasteiger partial charge in [-0.2, -0.15) is 5.26 Å². The fourth-order valence-electron chi connectivity index (χ4n) is 1.91. The Hall–Kier alpha value is -4.00. The second kappa shape index (κ2) is 10.2.